The topological polar surface area (TPSA) is 86.9 Å². The monoisotopic (exact) mass is 362 g/mol. The molecule has 8 heteroatoms. The van der Waals surface area contributed by atoms with Crippen LogP contribution in [0.1, 0.15) is 10.4 Å². The fourth-order valence-corrected chi connectivity index (χ4v) is 3.09. The first-order valence-corrected chi connectivity index (χ1v) is 8.50. The van der Waals surface area contributed by atoms with E-state index < -0.39 is 0 Å². The van der Waals surface area contributed by atoms with Gasteiger partial charge >= 0.3 is 0 Å². The number of hydrogen-bond acceptors (Lipinski definition) is 5. The van der Waals surface area contributed by atoms with Crippen molar-refractivity contribution in [3.05, 3.63) is 66.6 Å². The standard InChI is InChI=1S/C19H18N6O2/c1-27-18-8-4-7-16-14(18)9-11-24(16)12-10-20-19(26)15-5-2-3-6-17(15)25-13-21-22-23-25/h2-9,11,13H,10,12H2,1H3,(H,20,26). The van der Waals surface area contributed by atoms with Gasteiger partial charge < -0.3 is 14.6 Å². The lowest BCUT2D eigenvalue weighted by atomic mass is 10.1. The van der Waals surface area contributed by atoms with E-state index in [1.807, 2.05) is 42.6 Å². The van der Waals surface area contributed by atoms with Crippen molar-refractivity contribution in [2.75, 3.05) is 13.7 Å². The average Bonchev–Trinajstić information content (AvgIpc) is 3.38. The molecule has 2 heterocycles. The highest BCUT2D eigenvalue weighted by molar-refractivity contribution is 5.97. The molecule has 0 saturated carbocycles. The Bertz CT molecular complexity index is 1070. The second-order valence-corrected chi connectivity index (χ2v) is 5.93. The molecule has 136 valence electrons. The highest BCUT2D eigenvalue weighted by atomic mass is 16.5. The van der Waals surface area contributed by atoms with Crippen molar-refractivity contribution in [1.82, 2.24) is 30.1 Å². The summed E-state index contributed by atoms with van der Waals surface area (Å²) in [7, 11) is 1.66. The summed E-state index contributed by atoms with van der Waals surface area (Å²) in [4.78, 5) is 12.6. The lowest BCUT2D eigenvalue weighted by Crippen LogP contribution is -2.28. The molecule has 1 N–H and O–H groups in total. The molecule has 0 unspecified atom stereocenters. The van der Waals surface area contributed by atoms with Crippen LogP contribution in [0.15, 0.2) is 61.1 Å². The Hall–Kier alpha value is -3.68. The quantitative estimate of drug-likeness (QED) is 0.567. The van der Waals surface area contributed by atoms with Gasteiger partial charge in [-0.15, -0.1) is 5.10 Å². The van der Waals surface area contributed by atoms with Crippen LogP contribution in [0.5, 0.6) is 5.75 Å². The summed E-state index contributed by atoms with van der Waals surface area (Å²) in [5, 5.41) is 15.1. The van der Waals surface area contributed by atoms with Gasteiger partial charge in [-0.1, -0.05) is 18.2 Å². The maximum absolute atomic E-state index is 12.6. The molecule has 2 aromatic heterocycles. The number of ether oxygens (including phenoxy) is 1. The Morgan fingerprint density at radius 3 is 2.85 bits per heavy atom. The van der Waals surface area contributed by atoms with Crippen molar-refractivity contribution in [2.24, 2.45) is 0 Å². The van der Waals surface area contributed by atoms with Gasteiger partial charge in [0.2, 0.25) is 0 Å². The Balaban J connectivity index is 1.47. The van der Waals surface area contributed by atoms with Crippen LogP contribution in [0.25, 0.3) is 16.6 Å². The number of rotatable bonds is 6. The van der Waals surface area contributed by atoms with Crippen LogP contribution >= 0.6 is 0 Å². The fraction of sp³-hybridized carbons (Fsp3) is 0.158. The van der Waals surface area contributed by atoms with E-state index in [1.54, 1.807) is 19.2 Å². The van der Waals surface area contributed by atoms with Gasteiger partial charge in [-0.05, 0) is 40.8 Å². The first-order chi connectivity index (χ1) is 13.3. The van der Waals surface area contributed by atoms with Crippen LogP contribution in [0.3, 0.4) is 0 Å². The van der Waals surface area contributed by atoms with Crippen molar-refractivity contribution < 1.29 is 9.53 Å². The number of nitrogens with zero attached hydrogens (tertiary/aromatic N) is 5. The summed E-state index contributed by atoms with van der Waals surface area (Å²) in [5.41, 5.74) is 2.22. The normalized spacial score (nSPS) is 10.9. The number of para-hydroxylation sites is 1. The summed E-state index contributed by atoms with van der Waals surface area (Å²) in [6.45, 7) is 1.14. The molecular weight excluding hydrogens is 344 g/mol. The van der Waals surface area contributed by atoms with Crippen LogP contribution in [0, 0.1) is 0 Å². The first-order valence-electron chi connectivity index (χ1n) is 8.50. The smallest absolute Gasteiger partial charge is 0.253 e. The molecule has 0 fully saturated rings. The molecule has 0 saturated heterocycles. The predicted molar refractivity (Wildman–Crippen MR) is 100.0 cm³/mol. The SMILES string of the molecule is COc1cccc2c1ccn2CCNC(=O)c1ccccc1-n1cnnn1. The molecule has 1 amide bonds. The Labute approximate surface area is 155 Å². The van der Waals surface area contributed by atoms with Gasteiger partial charge in [0.15, 0.2) is 0 Å². The molecule has 0 aliphatic carbocycles. The number of aromatic nitrogens is 5. The Morgan fingerprint density at radius 1 is 1.15 bits per heavy atom. The minimum absolute atomic E-state index is 0.171. The number of carbonyl (C=O) groups excluding carboxylic acids is 1. The average molecular weight is 362 g/mol. The van der Waals surface area contributed by atoms with E-state index in [0.717, 1.165) is 16.7 Å². The zero-order valence-corrected chi connectivity index (χ0v) is 14.7. The van der Waals surface area contributed by atoms with Gasteiger partial charge in [-0.2, -0.15) is 4.68 Å². The van der Waals surface area contributed by atoms with Gasteiger partial charge in [0.25, 0.3) is 5.91 Å². The zero-order chi connectivity index (χ0) is 18.6. The fourth-order valence-electron chi connectivity index (χ4n) is 3.09. The van der Waals surface area contributed by atoms with Crippen molar-refractivity contribution >= 4 is 16.8 Å². The molecule has 0 spiro atoms. The van der Waals surface area contributed by atoms with Crippen molar-refractivity contribution in [3.8, 4) is 11.4 Å². The Morgan fingerprint density at radius 2 is 2.04 bits per heavy atom. The van der Waals surface area contributed by atoms with E-state index in [1.165, 1.54) is 11.0 Å². The van der Waals surface area contributed by atoms with Gasteiger partial charge in [-0.3, -0.25) is 4.79 Å². The maximum atomic E-state index is 12.6. The molecule has 8 nitrogen and oxygen atoms in total. The van der Waals surface area contributed by atoms with Gasteiger partial charge in [0.1, 0.15) is 12.1 Å². The van der Waals surface area contributed by atoms with E-state index in [4.69, 9.17) is 4.74 Å². The number of amides is 1. The maximum Gasteiger partial charge on any atom is 0.253 e. The molecule has 2 aromatic carbocycles. The number of carbonyl (C=O) groups is 1. The molecule has 0 bridgehead atoms. The first kappa shape index (κ1) is 16.8. The summed E-state index contributed by atoms with van der Waals surface area (Å²) >= 11 is 0. The lowest BCUT2D eigenvalue weighted by molar-refractivity contribution is 0.0952. The van der Waals surface area contributed by atoms with Crippen LogP contribution in [-0.2, 0) is 6.54 Å². The highest BCUT2D eigenvalue weighted by Gasteiger charge is 2.13. The lowest BCUT2D eigenvalue weighted by Gasteiger charge is -2.11. The molecule has 27 heavy (non-hydrogen) atoms. The Kier molecular flexibility index (Phi) is 4.52. The zero-order valence-electron chi connectivity index (χ0n) is 14.7. The van der Waals surface area contributed by atoms with Gasteiger partial charge in [-0.25, -0.2) is 0 Å². The van der Waals surface area contributed by atoms with Crippen LogP contribution in [-0.4, -0.2) is 44.3 Å². The number of methoxy groups -OCH3 is 1. The predicted octanol–water partition coefficient (Wildman–Crippen LogP) is 2.06. The van der Waals surface area contributed by atoms with Crippen LogP contribution < -0.4 is 10.1 Å². The number of tetrazole rings is 1. The molecule has 0 radical (unpaired) electrons. The summed E-state index contributed by atoms with van der Waals surface area (Å²) in [6.07, 6.45) is 3.46. The highest BCUT2D eigenvalue weighted by Crippen LogP contribution is 2.26. The number of nitrogens with one attached hydrogen (secondary N) is 1. The minimum Gasteiger partial charge on any atom is -0.496 e. The molecule has 0 aliphatic heterocycles. The van der Waals surface area contributed by atoms with E-state index in [2.05, 4.69) is 25.4 Å². The van der Waals surface area contributed by atoms with Crippen LogP contribution in [0.2, 0.25) is 0 Å². The third-order valence-corrected chi connectivity index (χ3v) is 4.38. The van der Waals surface area contributed by atoms with Crippen molar-refractivity contribution in [1.29, 1.82) is 0 Å². The van der Waals surface area contributed by atoms with E-state index in [0.29, 0.717) is 24.3 Å². The second kappa shape index (κ2) is 7.28. The van der Waals surface area contributed by atoms with Crippen molar-refractivity contribution in [2.45, 2.75) is 6.54 Å². The molecule has 0 aliphatic rings. The molecular formula is C19H18N6O2. The van der Waals surface area contributed by atoms with E-state index >= 15 is 0 Å². The largest absolute Gasteiger partial charge is 0.496 e. The van der Waals surface area contributed by atoms with Crippen LogP contribution in [0.4, 0.5) is 0 Å². The molecule has 4 rings (SSSR count). The van der Waals surface area contributed by atoms with E-state index in [-0.39, 0.29) is 5.91 Å². The summed E-state index contributed by atoms with van der Waals surface area (Å²) < 4.78 is 8.95. The molecule has 4 aromatic rings. The molecule has 0 atom stereocenters. The van der Waals surface area contributed by atoms with Gasteiger partial charge in [0, 0.05) is 24.7 Å². The summed E-state index contributed by atoms with van der Waals surface area (Å²) in [5.74, 6) is 0.667. The minimum atomic E-state index is -0.171. The third kappa shape index (κ3) is 3.24. The number of benzene rings is 2. The number of fused-ring (bicyclic) bond motifs is 1. The summed E-state index contributed by atoms with van der Waals surface area (Å²) in [6, 6.07) is 15.2. The third-order valence-electron chi connectivity index (χ3n) is 4.38. The van der Waals surface area contributed by atoms with Gasteiger partial charge in [0.05, 0.1) is 23.9 Å². The number of hydrogen-bond donors (Lipinski definition) is 1. The van der Waals surface area contributed by atoms with E-state index in [9.17, 15) is 4.79 Å². The second-order valence-electron chi connectivity index (χ2n) is 5.93. The van der Waals surface area contributed by atoms with Crippen molar-refractivity contribution in [3.63, 3.8) is 0 Å².